The first-order valence-electron chi connectivity index (χ1n) is 8.24. The Kier molecular flexibility index (Phi) is 5.18. The van der Waals surface area contributed by atoms with Crippen LogP contribution in [0.5, 0.6) is 0 Å². The Morgan fingerprint density at radius 3 is 2.80 bits per heavy atom. The third-order valence-corrected chi connectivity index (χ3v) is 3.88. The number of aromatic nitrogens is 3. The van der Waals surface area contributed by atoms with E-state index in [1.807, 2.05) is 36.4 Å². The lowest BCUT2D eigenvalue weighted by Crippen LogP contribution is -2.27. The molecule has 0 fully saturated rings. The van der Waals surface area contributed by atoms with Crippen molar-refractivity contribution in [2.45, 2.75) is 26.3 Å². The Morgan fingerprint density at radius 1 is 1.24 bits per heavy atom. The van der Waals surface area contributed by atoms with Gasteiger partial charge < -0.3 is 9.42 Å². The van der Waals surface area contributed by atoms with Gasteiger partial charge in [0.1, 0.15) is 12.0 Å². The van der Waals surface area contributed by atoms with Crippen LogP contribution >= 0.6 is 0 Å². The van der Waals surface area contributed by atoms with Crippen LogP contribution in [-0.4, -0.2) is 33.0 Å². The van der Waals surface area contributed by atoms with Crippen molar-refractivity contribution in [3.8, 4) is 11.3 Å². The number of hydrogen-bond donors (Lipinski definition) is 0. The number of rotatable bonds is 6. The molecule has 0 radical (unpaired) electrons. The van der Waals surface area contributed by atoms with Gasteiger partial charge in [-0.05, 0) is 6.42 Å². The number of aryl methyl sites for hydroxylation is 1. The molecule has 0 bridgehead atoms. The van der Waals surface area contributed by atoms with Crippen molar-refractivity contribution in [1.82, 2.24) is 20.0 Å². The maximum atomic E-state index is 12.7. The molecule has 0 saturated carbocycles. The van der Waals surface area contributed by atoms with E-state index in [0.717, 1.165) is 29.8 Å². The Labute approximate surface area is 146 Å². The standard InChI is InChI=1S/C19H20N4O2/c1-3-7-17-16(11-20-13-21-17)19(24)23(2)12-15-10-18(22-25-15)14-8-5-4-6-9-14/h4-6,8-11,13H,3,7,12H2,1-2H3. The van der Waals surface area contributed by atoms with Crippen LogP contribution in [0.1, 0.15) is 35.2 Å². The van der Waals surface area contributed by atoms with E-state index >= 15 is 0 Å². The van der Waals surface area contributed by atoms with E-state index in [1.54, 1.807) is 18.1 Å². The molecule has 3 aromatic rings. The van der Waals surface area contributed by atoms with Crippen LogP contribution < -0.4 is 0 Å². The van der Waals surface area contributed by atoms with Gasteiger partial charge in [0.05, 0.1) is 17.8 Å². The van der Waals surface area contributed by atoms with Crippen LogP contribution in [0.25, 0.3) is 11.3 Å². The smallest absolute Gasteiger partial charge is 0.257 e. The number of benzene rings is 1. The highest BCUT2D eigenvalue weighted by Crippen LogP contribution is 2.20. The van der Waals surface area contributed by atoms with Gasteiger partial charge in [-0.3, -0.25) is 4.79 Å². The van der Waals surface area contributed by atoms with Crippen molar-refractivity contribution < 1.29 is 9.32 Å². The molecular weight excluding hydrogens is 316 g/mol. The molecule has 0 unspecified atom stereocenters. The van der Waals surface area contributed by atoms with Crippen molar-refractivity contribution in [1.29, 1.82) is 0 Å². The van der Waals surface area contributed by atoms with Gasteiger partial charge in [0.15, 0.2) is 5.76 Å². The number of carbonyl (C=O) groups excluding carboxylic acids is 1. The molecule has 6 nitrogen and oxygen atoms in total. The van der Waals surface area contributed by atoms with Crippen LogP contribution in [0.4, 0.5) is 0 Å². The van der Waals surface area contributed by atoms with E-state index in [4.69, 9.17) is 4.52 Å². The van der Waals surface area contributed by atoms with E-state index in [9.17, 15) is 4.79 Å². The summed E-state index contributed by atoms with van der Waals surface area (Å²) < 4.78 is 5.38. The number of hydrogen-bond acceptors (Lipinski definition) is 5. The highest BCUT2D eigenvalue weighted by Gasteiger charge is 2.18. The topological polar surface area (TPSA) is 72.1 Å². The maximum absolute atomic E-state index is 12.7. The number of carbonyl (C=O) groups is 1. The summed E-state index contributed by atoms with van der Waals surface area (Å²) in [5, 5.41) is 4.08. The fourth-order valence-electron chi connectivity index (χ4n) is 2.61. The molecule has 3 rings (SSSR count). The zero-order valence-electron chi connectivity index (χ0n) is 14.3. The Balaban J connectivity index is 1.73. The van der Waals surface area contributed by atoms with Crippen molar-refractivity contribution >= 4 is 5.91 Å². The first-order valence-corrected chi connectivity index (χ1v) is 8.24. The molecular formula is C19H20N4O2. The number of amides is 1. The zero-order chi connectivity index (χ0) is 17.6. The summed E-state index contributed by atoms with van der Waals surface area (Å²) in [5.41, 5.74) is 3.05. The Hall–Kier alpha value is -3.02. The van der Waals surface area contributed by atoms with E-state index in [1.165, 1.54) is 6.33 Å². The van der Waals surface area contributed by atoms with Gasteiger partial charge in [-0.2, -0.15) is 0 Å². The summed E-state index contributed by atoms with van der Waals surface area (Å²) in [6.45, 7) is 2.39. The minimum atomic E-state index is -0.123. The quantitative estimate of drug-likeness (QED) is 0.690. The molecule has 0 N–H and O–H groups in total. The molecule has 25 heavy (non-hydrogen) atoms. The SMILES string of the molecule is CCCc1ncncc1C(=O)N(C)Cc1cc(-c2ccccc2)no1. The first kappa shape index (κ1) is 16.8. The molecule has 1 aromatic carbocycles. The fourth-order valence-corrected chi connectivity index (χ4v) is 2.61. The van der Waals surface area contributed by atoms with E-state index < -0.39 is 0 Å². The van der Waals surface area contributed by atoms with E-state index in [2.05, 4.69) is 22.0 Å². The molecule has 0 aliphatic carbocycles. The van der Waals surface area contributed by atoms with Crippen LogP contribution in [0, 0.1) is 0 Å². The molecule has 0 aliphatic heterocycles. The fraction of sp³-hybridized carbons (Fsp3) is 0.263. The summed E-state index contributed by atoms with van der Waals surface area (Å²) in [6, 6.07) is 11.6. The molecule has 0 spiro atoms. The predicted octanol–water partition coefficient (Wildman–Crippen LogP) is 3.36. The summed E-state index contributed by atoms with van der Waals surface area (Å²) in [6.07, 6.45) is 4.72. The summed E-state index contributed by atoms with van der Waals surface area (Å²) >= 11 is 0. The summed E-state index contributed by atoms with van der Waals surface area (Å²) in [5.74, 6) is 0.505. The minimum Gasteiger partial charge on any atom is -0.359 e. The summed E-state index contributed by atoms with van der Waals surface area (Å²) in [7, 11) is 1.73. The molecule has 6 heteroatoms. The molecule has 2 aromatic heterocycles. The Morgan fingerprint density at radius 2 is 2.04 bits per heavy atom. The second-order valence-corrected chi connectivity index (χ2v) is 5.84. The summed E-state index contributed by atoms with van der Waals surface area (Å²) in [4.78, 5) is 22.5. The molecule has 1 amide bonds. The average Bonchev–Trinajstić information content (AvgIpc) is 3.11. The largest absolute Gasteiger partial charge is 0.359 e. The monoisotopic (exact) mass is 336 g/mol. The van der Waals surface area contributed by atoms with Crippen LogP contribution in [0.15, 0.2) is 53.4 Å². The van der Waals surface area contributed by atoms with Gasteiger partial charge in [0, 0.05) is 24.9 Å². The second-order valence-electron chi connectivity index (χ2n) is 5.84. The van der Waals surface area contributed by atoms with Crippen LogP contribution in [-0.2, 0) is 13.0 Å². The maximum Gasteiger partial charge on any atom is 0.257 e. The molecule has 0 atom stereocenters. The normalized spacial score (nSPS) is 10.6. The average molecular weight is 336 g/mol. The first-order chi connectivity index (χ1) is 12.2. The highest BCUT2D eigenvalue weighted by molar-refractivity contribution is 5.94. The molecule has 0 aliphatic rings. The van der Waals surface area contributed by atoms with Gasteiger partial charge in [0.2, 0.25) is 0 Å². The van der Waals surface area contributed by atoms with Gasteiger partial charge >= 0.3 is 0 Å². The number of nitrogens with zero attached hydrogens (tertiary/aromatic N) is 4. The third-order valence-electron chi connectivity index (χ3n) is 3.88. The van der Waals surface area contributed by atoms with Crippen molar-refractivity contribution in [2.24, 2.45) is 0 Å². The van der Waals surface area contributed by atoms with Crippen LogP contribution in [0.3, 0.4) is 0 Å². The lowest BCUT2D eigenvalue weighted by molar-refractivity contribution is 0.0770. The lowest BCUT2D eigenvalue weighted by Gasteiger charge is -2.16. The highest BCUT2D eigenvalue weighted by atomic mass is 16.5. The minimum absolute atomic E-state index is 0.123. The molecule has 0 saturated heterocycles. The van der Waals surface area contributed by atoms with E-state index in [-0.39, 0.29) is 5.91 Å². The van der Waals surface area contributed by atoms with Crippen molar-refractivity contribution in [3.05, 3.63) is 65.9 Å². The Bertz CT molecular complexity index is 845. The molecule has 2 heterocycles. The third kappa shape index (κ3) is 3.91. The van der Waals surface area contributed by atoms with Crippen molar-refractivity contribution in [3.63, 3.8) is 0 Å². The zero-order valence-corrected chi connectivity index (χ0v) is 14.3. The van der Waals surface area contributed by atoms with Crippen LogP contribution in [0.2, 0.25) is 0 Å². The lowest BCUT2D eigenvalue weighted by atomic mass is 10.1. The van der Waals surface area contributed by atoms with E-state index in [0.29, 0.717) is 17.9 Å². The van der Waals surface area contributed by atoms with Gasteiger partial charge in [-0.25, -0.2) is 9.97 Å². The van der Waals surface area contributed by atoms with Gasteiger partial charge in [-0.1, -0.05) is 48.8 Å². The van der Waals surface area contributed by atoms with Gasteiger partial charge in [0.25, 0.3) is 5.91 Å². The van der Waals surface area contributed by atoms with Crippen molar-refractivity contribution in [2.75, 3.05) is 7.05 Å². The second kappa shape index (κ2) is 7.70. The molecule has 128 valence electrons. The predicted molar refractivity (Wildman–Crippen MR) is 93.8 cm³/mol. The van der Waals surface area contributed by atoms with Gasteiger partial charge in [-0.15, -0.1) is 0 Å².